The quantitative estimate of drug-likeness (QED) is 0.393. The molecule has 0 saturated carbocycles. The number of ether oxygens (including phenoxy) is 1. The Labute approximate surface area is 141 Å². The number of hydrogen-bond acceptors (Lipinski definition) is 4. The molecule has 1 N–H and O–H groups in total. The largest absolute Gasteiger partial charge is 0.462 e. The van der Waals surface area contributed by atoms with E-state index in [1.54, 1.807) is 0 Å². The fourth-order valence-electron chi connectivity index (χ4n) is 2.07. The molecule has 0 aliphatic rings. The van der Waals surface area contributed by atoms with Gasteiger partial charge < -0.3 is 9.94 Å². The van der Waals surface area contributed by atoms with Crippen LogP contribution in [-0.4, -0.2) is 27.6 Å². The van der Waals surface area contributed by atoms with Gasteiger partial charge in [-0.1, -0.05) is 23.6 Å². The normalized spacial score (nSPS) is 10.9. The SMILES string of the molecule is CC.CCOC(=O)c1cnn(-c2c(C)cc(F)c[n+]2O)c1C(F)(F)F. The zero-order valence-electron chi connectivity index (χ0n) is 14.1. The van der Waals surface area contributed by atoms with Crippen molar-refractivity contribution in [3.63, 3.8) is 0 Å². The van der Waals surface area contributed by atoms with Crippen LogP contribution >= 0.6 is 0 Å². The van der Waals surface area contributed by atoms with Crippen molar-refractivity contribution in [2.45, 2.75) is 33.9 Å². The van der Waals surface area contributed by atoms with Crippen LogP contribution in [0.3, 0.4) is 0 Å². The Hall–Kier alpha value is -2.65. The zero-order chi connectivity index (χ0) is 19.4. The number of aromatic nitrogens is 3. The summed E-state index contributed by atoms with van der Waals surface area (Å²) in [6.07, 6.45) is -3.69. The minimum Gasteiger partial charge on any atom is -0.462 e. The van der Waals surface area contributed by atoms with E-state index in [2.05, 4.69) is 9.84 Å². The van der Waals surface area contributed by atoms with Gasteiger partial charge in [-0.25, -0.2) is 9.18 Å². The molecule has 2 aromatic rings. The van der Waals surface area contributed by atoms with Gasteiger partial charge in [0.25, 0.3) is 5.69 Å². The average molecular weight is 364 g/mol. The highest BCUT2D eigenvalue weighted by atomic mass is 19.4. The first-order chi connectivity index (χ1) is 11.7. The van der Waals surface area contributed by atoms with Crippen molar-refractivity contribution in [3.05, 3.63) is 41.1 Å². The summed E-state index contributed by atoms with van der Waals surface area (Å²) in [5.41, 5.74) is -2.24. The summed E-state index contributed by atoms with van der Waals surface area (Å²) in [7, 11) is 0. The lowest BCUT2D eigenvalue weighted by Gasteiger charge is -2.08. The molecule has 6 nitrogen and oxygen atoms in total. The molecule has 0 atom stereocenters. The molecule has 2 rings (SSSR count). The molecule has 0 unspecified atom stereocenters. The molecule has 0 saturated heterocycles. The smallest absolute Gasteiger partial charge is 0.457 e. The summed E-state index contributed by atoms with van der Waals surface area (Å²) in [5.74, 6) is -2.50. The van der Waals surface area contributed by atoms with Gasteiger partial charge in [0.2, 0.25) is 0 Å². The highest BCUT2D eigenvalue weighted by molar-refractivity contribution is 5.90. The van der Waals surface area contributed by atoms with Gasteiger partial charge in [-0.15, -0.1) is 0 Å². The zero-order valence-corrected chi connectivity index (χ0v) is 14.1. The highest BCUT2D eigenvalue weighted by Gasteiger charge is 2.46. The van der Waals surface area contributed by atoms with Gasteiger partial charge in [0.05, 0.1) is 12.8 Å². The maximum absolute atomic E-state index is 13.3. The van der Waals surface area contributed by atoms with Crippen LogP contribution in [0.4, 0.5) is 17.6 Å². The Morgan fingerprint density at radius 1 is 1.40 bits per heavy atom. The number of alkyl halides is 3. The van der Waals surface area contributed by atoms with E-state index in [0.29, 0.717) is 17.1 Å². The standard InChI is InChI=1S/C13H12F4N3O3.C2H6/c1-3-23-12(21)9-5-18-20(10(9)13(15,16)17)11-7(2)4-8(14)6-19(11)22;1-2/h4-6,22H,3H2,1-2H3;1-2H3/q+1;. The summed E-state index contributed by atoms with van der Waals surface area (Å²) in [5, 5.41) is 13.2. The molecule has 0 aliphatic carbocycles. The third kappa shape index (κ3) is 4.25. The van der Waals surface area contributed by atoms with Gasteiger partial charge in [-0.05, 0) is 24.6 Å². The second-order valence-corrected chi connectivity index (χ2v) is 4.55. The molecule has 0 bridgehead atoms. The van der Waals surface area contributed by atoms with Gasteiger partial charge in [0.1, 0.15) is 5.56 Å². The minimum atomic E-state index is -4.95. The van der Waals surface area contributed by atoms with Gasteiger partial charge in [0.15, 0.2) is 12.0 Å². The molecule has 0 amide bonds. The lowest BCUT2D eigenvalue weighted by Crippen LogP contribution is -2.38. The van der Waals surface area contributed by atoms with Crippen LogP contribution < -0.4 is 4.73 Å². The molecule has 0 spiro atoms. The van der Waals surface area contributed by atoms with Crippen LogP contribution in [-0.2, 0) is 10.9 Å². The maximum Gasteiger partial charge on any atom is 0.457 e. The van der Waals surface area contributed by atoms with E-state index in [4.69, 9.17) is 0 Å². The first-order valence-electron chi connectivity index (χ1n) is 7.40. The number of aryl methyl sites for hydroxylation is 1. The summed E-state index contributed by atoms with van der Waals surface area (Å²) < 4.78 is 58.3. The predicted molar refractivity (Wildman–Crippen MR) is 77.9 cm³/mol. The first-order valence-corrected chi connectivity index (χ1v) is 7.40. The van der Waals surface area contributed by atoms with E-state index < -0.39 is 35.0 Å². The lowest BCUT2D eigenvalue weighted by molar-refractivity contribution is -0.900. The lowest BCUT2D eigenvalue weighted by atomic mass is 10.2. The molecular weight excluding hydrogens is 346 g/mol. The molecule has 25 heavy (non-hydrogen) atoms. The number of pyridine rings is 1. The molecule has 0 fully saturated rings. The topological polar surface area (TPSA) is 68.2 Å². The predicted octanol–water partition coefficient (Wildman–Crippen LogP) is 3.07. The number of carbonyl (C=O) groups excluding carboxylic acids is 1. The number of carbonyl (C=O) groups is 1. The van der Waals surface area contributed by atoms with Gasteiger partial charge in [-0.3, -0.25) is 0 Å². The number of nitrogens with zero attached hydrogens (tertiary/aromatic N) is 3. The molecule has 2 heterocycles. The van der Waals surface area contributed by atoms with E-state index in [9.17, 15) is 27.6 Å². The molecule has 138 valence electrons. The Balaban J connectivity index is 0.00000151. The third-order valence-corrected chi connectivity index (χ3v) is 2.90. The Kier molecular flexibility index (Phi) is 6.49. The number of hydrogen-bond donors (Lipinski definition) is 1. The minimum absolute atomic E-state index is 0.0171. The molecule has 2 aromatic heterocycles. The third-order valence-electron chi connectivity index (χ3n) is 2.90. The van der Waals surface area contributed by atoms with Crippen molar-refractivity contribution in [3.8, 4) is 5.82 Å². The van der Waals surface area contributed by atoms with Crippen molar-refractivity contribution < 1.29 is 37.0 Å². The monoisotopic (exact) mass is 364 g/mol. The molecule has 10 heteroatoms. The van der Waals surface area contributed by atoms with E-state index in [1.165, 1.54) is 13.8 Å². The van der Waals surface area contributed by atoms with Crippen LogP contribution in [0, 0.1) is 12.7 Å². The highest BCUT2D eigenvalue weighted by Crippen LogP contribution is 2.34. The van der Waals surface area contributed by atoms with E-state index >= 15 is 0 Å². The van der Waals surface area contributed by atoms with Crippen LogP contribution in [0.5, 0.6) is 0 Å². The van der Waals surface area contributed by atoms with Crippen molar-refractivity contribution in [2.24, 2.45) is 0 Å². The average Bonchev–Trinajstić information content (AvgIpc) is 2.93. The molecule has 0 aliphatic heterocycles. The van der Waals surface area contributed by atoms with Crippen LogP contribution in [0.1, 0.15) is 42.4 Å². The summed E-state index contributed by atoms with van der Waals surface area (Å²) in [6, 6.07) is 0.925. The summed E-state index contributed by atoms with van der Waals surface area (Å²) in [4.78, 5) is 11.7. The van der Waals surface area contributed by atoms with Crippen LogP contribution in [0.15, 0.2) is 18.5 Å². The molecular formula is C15H18F4N3O3+. The first kappa shape index (κ1) is 20.4. The Morgan fingerprint density at radius 3 is 2.48 bits per heavy atom. The summed E-state index contributed by atoms with van der Waals surface area (Å²) in [6.45, 7) is 6.62. The second kappa shape index (κ2) is 7.95. The van der Waals surface area contributed by atoms with Crippen molar-refractivity contribution >= 4 is 5.97 Å². The Bertz CT molecular complexity index is 734. The van der Waals surface area contributed by atoms with Gasteiger partial charge in [-0.2, -0.15) is 13.2 Å². The number of halogens is 4. The van der Waals surface area contributed by atoms with Gasteiger partial charge >= 0.3 is 18.0 Å². The van der Waals surface area contributed by atoms with Crippen molar-refractivity contribution in [2.75, 3.05) is 6.61 Å². The summed E-state index contributed by atoms with van der Waals surface area (Å²) >= 11 is 0. The van der Waals surface area contributed by atoms with E-state index in [1.807, 2.05) is 13.8 Å². The number of rotatable bonds is 3. The molecule has 0 radical (unpaired) electrons. The van der Waals surface area contributed by atoms with Crippen molar-refractivity contribution in [1.82, 2.24) is 9.78 Å². The van der Waals surface area contributed by atoms with Crippen LogP contribution in [0.2, 0.25) is 0 Å². The van der Waals surface area contributed by atoms with Crippen LogP contribution in [0.25, 0.3) is 5.82 Å². The Morgan fingerprint density at radius 2 is 2.00 bits per heavy atom. The molecule has 0 aromatic carbocycles. The fraction of sp³-hybridized carbons (Fsp3) is 0.400. The number of esters is 1. The van der Waals surface area contributed by atoms with Gasteiger partial charge in [0, 0.05) is 5.56 Å². The fourth-order valence-corrected chi connectivity index (χ4v) is 2.07. The van der Waals surface area contributed by atoms with Crippen molar-refractivity contribution in [1.29, 1.82) is 0 Å². The maximum atomic E-state index is 13.3. The van der Waals surface area contributed by atoms with E-state index in [-0.39, 0.29) is 16.9 Å². The van der Waals surface area contributed by atoms with E-state index in [0.717, 1.165) is 6.07 Å². The second-order valence-electron chi connectivity index (χ2n) is 4.55.